The van der Waals surface area contributed by atoms with Gasteiger partial charge >= 0.3 is 6.18 Å². The van der Waals surface area contributed by atoms with Crippen LogP contribution in [0.1, 0.15) is 46.7 Å². The van der Waals surface area contributed by atoms with Crippen LogP contribution >= 0.6 is 0 Å². The minimum atomic E-state index is -4.57. The smallest absolute Gasteiger partial charge is 0.344 e. The summed E-state index contributed by atoms with van der Waals surface area (Å²) in [5, 5.41) is 6.11. The van der Waals surface area contributed by atoms with Gasteiger partial charge in [0.25, 0.3) is 5.91 Å². The highest BCUT2D eigenvalue weighted by molar-refractivity contribution is 5.93. The van der Waals surface area contributed by atoms with E-state index in [4.69, 9.17) is 0 Å². The predicted octanol–water partition coefficient (Wildman–Crippen LogP) is 3.63. The molecule has 23 heavy (non-hydrogen) atoms. The average Bonchev–Trinajstić information content (AvgIpc) is 2.88. The van der Waals surface area contributed by atoms with Crippen molar-refractivity contribution in [3.8, 4) is 0 Å². The highest BCUT2D eigenvalue weighted by atomic mass is 19.4. The molecule has 1 heterocycles. The monoisotopic (exact) mass is 325 g/mol. The van der Waals surface area contributed by atoms with Gasteiger partial charge in [-0.1, -0.05) is 36.8 Å². The lowest BCUT2D eigenvalue weighted by Gasteiger charge is -2.17. The zero-order valence-electron chi connectivity index (χ0n) is 13.1. The number of nitrogens with zero attached hydrogens (tertiary/aromatic N) is 2. The molecule has 0 unspecified atom stereocenters. The van der Waals surface area contributed by atoms with Gasteiger partial charge in [0.15, 0.2) is 5.69 Å². The molecule has 1 N–H and O–H groups in total. The molecular weight excluding hydrogens is 307 g/mol. The van der Waals surface area contributed by atoms with Crippen LogP contribution in [0.4, 0.5) is 13.2 Å². The molecule has 2 aromatic rings. The summed E-state index contributed by atoms with van der Waals surface area (Å²) in [5.41, 5.74) is 0.803. The van der Waals surface area contributed by atoms with Gasteiger partial charge in [0.2, 0.25) is 0 Å². The third kappa shape index (κ3) is 3.91. The van der Waals surface area contributed by atoms with E-state index in [0.717, 1.165) is 21.9 Å². The van der Waals surface area contributed by atoms with E-state index in [1.54, 1.807) is 0 Å². The maximum atomic E-state index is 12.7. The molecule has 0 radical (unpaired) electrons. The first-order valence-corrected chi connectivity index (χ1v) is 7.21. The van der Waals surface area contributed by atoms with Crippen molar-refractivity contribution in [2.24, 2.45) is 7.05 Å². The van der Waals surface area contributed by atoms with Crippen molar-refractivity contribution >= 4 is 5.91 Å². The van der Waals surface area contributed by atoms with E-state index in [9.17, 15) is 18.0 Å². The number of nitrogens with one attached hydrogen (secondary N) is 1. The fourth-order valence-corrected chi connectivity index (χ4v) is 2.27. The zero-order valence-corrected chi connectivity index (χ0v) is 13.1. The fourth-order valence-electron chi connectivity index (χ4n) is 2.27. The van der Waals surface area contributed by atoms with Crippen LogP contribution in [0.3, 0.4) is 0 Å². The molecule has 0 saturated carbocycles. The molecule has 7 heteroatoms. The third-order valence-electron chi connectivity index (χ3n) is 3.60. The molecule has 0 spiro atoms. The SMILES string of the molecule is CC[C@H](NC(=O)c1cc(C(F)(F)F)nn1C)c1ccc(C)cc1. The van der Waals surface area contributed by atoms with Crippen LogP contribution in [0.5, 0.6) is 0 Å². The Balaban J connectivity index is 2.20. The molecule has 4 nitrogen and oxygen atoms in total. The van der Waals surface area contributed by atoms with Gasteiger partial charge in [-0.15, -0.1) is 0 Å². The Kier molecular flexibility index (Phi) is 4.77. The number of carbonyl (C=O) groups is 1. The summed E-state index contributed by atoms with van der Waals surface area (Å²) in [5.74, 6) is -0.581. The lowest BCUT2D eigenvalue weighted by Crippen LogP contribution is -2.29. The first kappa shape index (κ1) is 17.1. The van der Waals surface area contributed by atoms with Crippen LogP contribution in [0.2, 0.25) is 0 Å². The Labute approximate surface area is 132 Å². The van der Waals surface area contributed by atoms with Gasteiger partial charge in [0.1, 0.15) is 5.69 Å². The molecule has 0 aliphatic rings. The number of hydrogen-bond donors (Lipinski definition) is 1. The van der Waals surface area contributed by atoms with Gasteiger partial charge < -0.3 is 5.32 Å². The molecule has 0 aliphatic carbocycles. The van der Waals surface area contributed by atoms with E-state index in [1.807, 2.05) is 38.1 Å². The zero-order chi connectivity index (χ0) is 17.2. The number of aromatic nitrogens is 2. The number of aryl methyl sites for hydroxylation is 2. The lowest BCUT2D eigenvalue weighted by molar-refractivity contribution is -0.141. The average molecular weight is 325 g/mol. The van der Waals surface area contributed by atoms with E-state index in [-0.39, 0.29) is 11.7 Å². The Morgan fingerprint density at radius 2 is 1.91 bits per heavy atom. The number of benzene rings is 1. The highest BCUT2D eigenvalue weighted by Gasteiger charge is 2.35. The summed E-state index contributed by atoms with van der Waals surface area (Å²) in [6.07, 6.45) is -3.95. The molecule has 124 valence electrons. The lowest BCUT2D eigenvalue weighted by atomic mass is 10.0. The predicted molar refractivity (Wildman–Crippen MR) is 79.9 cm³/mol. The van der Waals surface area contributed by atoms with Crippen molar-refractivity contribution in [2.75, 3.05) is 0 Å². The minimum Gasteiger partial charge on any atom is -0.344 e. The second-order valence-corrected chi connectivity index (χ2v) is 5.38. The van der Waals surface area contributed by atoms with Gasteiger partial charge in [-0.2, -0.15) is 18.3 Å². The quantitative estimate of drug-likeness (QED) is 0.933. The standard InChI is InChI=1S/C16H18F3N3O/c1-4-12(11-7-5-10(2)6-8-11)20-15(23)13-9-14(16(17,18)19)21-22(13)3/h5-9,12H,4H2,1-3H3,(H,20,23)/t12-/m0/s1. The number of rotatable bonds is 4. The second-order valence-electron chi connectivity index (χ2n) is 5.38. The first-order valence-electron chi connectivity index (χ1n) is 7.21. The molecule has 1 atom stereocenters. The van der Waals surface area contributed by atoms with Crippen molar-refractivity contribution in [1.29, 1.82) is 0 Å². The van der Waals surface area contributed by atoms with Crippen molar-refractivity contribution in [3.63, 3.8) is 0 Å². The van der Waals surface area contributed by atoms with E-state index >= 15 is 0 Å². The van der Waals surface area contributed by atoms with Gasteiger partial charge in [0, 0.05) is 13.1 Å². The number of carbonyl (C=O) groups excluding carboxylic acids is 1. The summed E-state index contributed by atoms with van der Waals surface area (Å²) in [4.78, 5) is 12.3. The van der Waals surface area contributed by atoms with Gasteiger partial charge in [-0.05, 0) is 18.9 Å². The molecule has 1 aromatic carbocycles. The van der Waals surface area contributed by atoms with E-state index in [1.165, 1.54) is 7.05 Å². The van der Waals surface area contributed by atoms with Crippen molar-refractivity contribution < 1.29 is 18.0 Å². The molecule has 0 aliphatic heterocycles. The van der Waals surface area contributed by atoms with Crippen LogP contribution < -0.4 is 5.32 Å². The van der Waals surface area contributed by atoms with Crippen LogP contribution in [0.25, 0.3) is 0 Å². The van der Waals surface area contributed by atoms with Gasteiger partial charge in [-0.3, -0.25) is 9.48 Å². The van der Waals surface area contributed by atoms with Crippen LogP contribution in [0, 0.1) is 6.92 Å². The van der Waals surface area contributed by atoms with Crippen molar-refractivity contribution in [2.45, 2.75) is 32.5 Å². The van der Waals surface area contributed by atoms with E-state index in [0.29, 0.717) is 6.42 Å². The normalized spacial score (nSPS) is 13.0. The summed E-state index contributed by atoms with van der Waals surface area (Å²) in [6, 6.07) is 8.14. The maximum Gasteiger partial charge on any atom is 0.435 e. The Morgan fingerprint density at radius 1 is 1.30 bits per heavy atom. The van der Waals surface area contributed by atoms with E-state index in [2.05, 4.69) is 10.4 Å². The Hall–Kier alpha value is -2.31. The molecule has 0 fully saturated rings. The third-order valence-corrected chi connectivity index (χ3v) is 3.60. The first-order chi connectivity index (χ1) is 10.7. The summed E-state index contributed by atoms with van der Waals surface area (Å²) in [6.45, 7) is 3.85. The van der Waals surface area contributed by atoms with Crippen LogP contribution in [-0.4, -0.2) is 15.7 Å². The van der Waals surface area contributed by atoms with Crippen molar-refractivity contribution in [3.05, 3.63) is 52.8 Å². The molecular formula is C16H18F3N3O. The van der Waals surface area contributed by atoms with Crippen LogP contribution in [0.15, 0.2) is 30.3 Å². The molecule has 1 amide bonds. The summed E-state index contributed by atoms with van der Waals surface area (Å²) >= 11 is 0. The molecule has 2 rings (SSSR count). The van der Waals surface area contributed by atoms with Crippen LogP contribution in [-0.2, 0) is 13.2 Å². The topological polar surface area (TPSA) is 46.9 Å². The molecule has 0 bridgehead atoms. The Bertz CT molecular complexity index is 690. The van der Waals surface area contributed by atoms with Crippen molar-refractivity contribution in [1.82, 2.24) is 15.1 Å². The number of alkyl halides is 3. The number of halogens is 3. The van der Waals surface area contributed by atoms with Gasteiger partial charge in [0.05, 0.1) is 6.04 Å². The maximum absolute atomic E-state index is 12.7. The molecule has 1 aromatic heterocycles. The van der Waals surface area contributed by atoms with E-state index < -0.39 is 17.8 Å². The fraction of sp³-hybridized carbons (Fsp3) is 0.375. The highest BCUT2D eigenvalue weighted by Crippen LogP contribution is 2.28. The largest absolute Gasteiger partial charge is 0.435 e. The number of amides is 1. The summed E-state index contributed by atoms with van der Waals surface area (Å²) in [7, 11) is 1.32. The summed E-state index contributed by atoms with van der Waals surface area (Å²) < 4.78 is 39.0. The second kappa shape index (κ2) is 6.44. The van der Waals surface area contributed by atoms with Gasteiger partial charge in [-0.25, -0.2) is 0 Å². The number of hydrogen-bond acceptors (Lipinski definition) is 2. The molecule has 0 saturated heterocycles. The minimum absolute atomic E-state index is 0.122. The Morgan fingerprint density at radius 3 is 2.39 bits per heavy atom.